The number of nitrogens with zero attached hydrogens (tertiary/aromatic N) is 6. The number of hydrogen-bond acceptors (Lipinski definition) is 10. The van der Waals surface area contributed by atoms with Crippen LogP contribution in [-0.4, -0.2) is 29.7 Å². The zero-order chi connectivity index (χ0) is 35.6. The van der Waals surface area contributed by atoms with Crippen molar-refractivity contribution in [2.75, 3.05) is 0 Å². The first kappa shape index (κ1) is 33.9. The number of hydrogen-bond donors (Lipinski definition) is 0. The standard InChI is InChI=1S/C36H24N6O8/c43-39(44)29-9-1-5-25(21-29)13-17-33-34(18-14-26-6-2-10-30(22-26)40(45)46)38-36(20-16-28-8-4-12-32(24-28)42(49)50)35(37-33)19-15-27-7-3-11-31(23-27)41(47)48/h1-24H. The van der Waals surface area contributed by atoms with Crippen molar-refractivity contribution in [1.82, 2.24) is 9.97 Å². The minimum absolute atomic E-state index is 0.105. The van der Waals surface area contributed by atoms with Crippen molar-refractivity contribution in [3.05, 3.63) is 183 Å². The minimum Gasteiger partial charge on any atom is -0.258 e. The number of non-ortho nitro benzene ring substituents is 4. The summed E-state index contributed by atoms with van der Waals surface area (Å²) < 4.78 is 0. The lowest BCUT2D eigenvalue weighted by Crippen LogP contribution is -2.00. The number of nitro groups is 4. The fourth-order valence-corrected chi connectivity index (χ4v) is 4.65. The van der Waals surface area contributed by atoms with Crippen molar-refractivity contribution < 1.29 is 19.7 Å². The van der Waals surface area contributed by atoms with Crippen LogP contribution in [0.4, 0.5) is 22.7 Å². The molecule has 0 aliphatic heterocycles. The first-order chi connectivity index (χ1) is 24.0. The molecule has 1 aromatic heterocycles. The van der Waals surface area contributed by atoms with Gasteiger partial charge in [-0.2, -0.15) is 0 Å². The highest BCUT2D eigenvalue weighted by Gasteiger charge is 2.11. The molecule has 14 heteroatoms. The summed E-state index contributed by atoms with van der Waals surface area (Å²) in [6.45, 7) is 0. The second-order valence-electron chi connectivity index (χ2n) is 10.5. The molecule has 50 heavy (non-hydrogen) atoms. The van der Waals surface area contributed by atoms with E-state index in [2.05, 4.69) is 0 Å². The van der Waals surface area contributed by atoms with Gasteiger partial charge < -0.3 is 0 Å². The van der Waals surface area contributed by atoms with Gasteiger partial charge in [0, 0.05) is 48.5 Å². The molecule has 0 radical (unpaired) electrons. The highest BCUT2D eigenvalue weighted by Crippen LogP contribution is 2.24. The van der Waals surface area contributed by atoms with E-state index in [0.29, 0.717) is 45.0 Å². The van der Waals surface area contributed by atoms with Crippen LogP contribution in [0.25, 0.3) is 48.6 Å². The maximum atomic E-state index is 11.3. The van der Waals surface area contributed by atoms with Gasteiger partial charge in [0.25, 0.3) is 22.7 Å². The van der Waals surface area contributed by atoms with E-state index < -0.39 is 19.7 Å². The van der Waals surface area contributed by atoms with E-state index in [-0.39, 0.29) is 22.7 Å². The van der Waals surface area contributed by atoms with Crippen LogP contribution in [0.15, 0.2) is 97.1 Å². The summed E-state index contributed by atoms with van der Waals surface area (Å²) in [5.41, 5.74) is 2.92. The van der Waals surface area contributed by atoms with Crippen LogP contribution in [-0.2, 0) is 0 Å². The quantitative estimate of drug-likeness (QED) is 0.0914. The van der Waals surface area contributed by atoms with E-state index in [1.807, 2.05) is 0 Å². The maximum absolute atomic E-state index is 11.3. The highest BCUT2D eigenvalue weighted by molar-refractivity contribution is 5.82. The molecule has 0 saturated carbocycles. The first-order valence-corrected chi connectivity index (χ1v) is 14.7. The summed E-state index contributed by atoms with van der Waals surface area (Å²) >= 11 is 0. The average molecular weight is 669 g/mol. The van der Waals surface area contributed by atoms with Gasteiger partial charge >= 0.3 is 0 Å². The number of nitro benzene ring substituents is 4. The summed E-state index contributed by atoms with van der Waals surface area (Å²) in [5, 5.41) is 45.3. The van der Waals surface area contributed by atoms with Crippen LogP contribution in [0.5, 0.6) is 0 Å². The second-order valence-corrected chi connectivity index (χ2v) is 10.5. The molecule has 14 nitrogen and oxygen atoms in total. The number of rotatable bonds is 12. The van der Waals surface area contributed by atoms with Gasteiger partial charge in [0.05, 0.1) is 42.5 Å². The Morgan fingerprint density at radius 3 is 0.780 bits per heavy atom. The molecule has 246 valence electrons. The summed E-state index contributed by atoms with van der Waals surface area (Å²) in [6, 6.07) is 23.9. The Balaban J connectivity index is 1.66. The van der Waals surface area contributed by atoms with Crippen molar-refractivity contribution in [2.45, 2.75) is 0 Å². The van der Waals surface area contributed by atoms with Crippen LogP contribution in [0.1, 0.15) is 45.0 Å². The lowest BCUT2D eigenvalue weighted by Gasteiger charge is -2.07. The van der Waals surface area contributed by atoms with Gasteiger partial charge in [-0.1, -0.05) is 72.8 Å². The van der Waals surface area contributed by atoms with Crippen molar-refractivity contribution >= 4 is 71.4 Å². The monoisotopic (exact) mass is 668 g/mol. The molecule has 4 aromatic carbocycles. The second kappa shape index (κ2) is 15.4. The van der Waals surface area contributed by atoms with E-state index in [4.69, 9.17) is 9.97 Å². The van der Waals surface area contributed by atoms with Gasteiger partial charge in [-0.25, -0.2) is 9.97 Å². The molecule has 0 fully saturated rings. The minimum atomic E-state index is -0.510. The molecule has 0 amide bonds. The van der Waals surface area contributed by atoms with Crippen LogP contribution in [0.3, 0.4) is 0 Å². The van der Waals surface area contributed by atoms with Gasteiger partial charge in [0.2, 0.25) is 0 Å². The average Bonchev–Trinajstić information content (AvgIpc) is 3.12. The first-order valence-electron chi connectivity index (χ1n) is 14.7. The van der Waals surface area contributed by atoms with Crippen LogP contribution in [0, 0.1) is 40.5 Å². The Hall–Kier alpha value is -7.48. The molecule has 5 rings (SSSR count). The molecule has 0 bridgehead atoms. The Kier molecular flexibility index (Phi) is 10.4. The predicted molar refractivity (Wildman–Crippen MR) is 190 cm³/mol. The van der Waals surface area contributed by atoms with Crippen molar-refractivity contribution in [2.24, 2.45) is 0 Å². The smallest absolute Gasteiger partial charge is 0.258 e. The molecule has 0 aliphatic rings. The Bertz CT molecular complexity index is 1950. The molecule has 0 N–H and O–H groups in total. The summed E-state index contributed by atoms with van der Waals surface area (Å²) in [5.74, 6) is 0. The zero-order valence-electron chi connectivity index (χ0n) is 25.8. The van der Waals surface area contributed by atoms with Gasteiger partial charge in [-0.3, -0.25) is 40.5 Å². The molecule has 0 atom stereocenters. The maximum Gasteiger partial charge on any atom is 0.270 e. The lowest BCUT2D eigenvalue weighted by atomic mass is 10.1. The van der Waals surface area contributed by atoms with Crippen molar-refractivity contribution in [1.29, 1.82) is 0 Å². The molecule has 5 aromatic rings. The Labute approximate surface area is 283 Å². The van der Waals surface area contributed by atoms with E-state index in [1.165, 1.54) is 48.5 Å². The van der Waals surface area contributed by atoms with Gasteiger partial charge in [0.1, 0.15) is 0 Å². The topological polar surface area (TPSA) is 198 Å². The summed E-state index contributed by atoms with van der Waals surface area (Å²) in [7, 11) is 0. The van der Waals surface area contributed by atoms with Gasteiger partial charge in [0.15, 0.2) is 0 Å². The van der Waals surface area contributed by atoms with Crippen LogP contribution in [0.2, 0.25) is 0 Å². The summed E-state index contributed by atoms with van der Waals surface area (Å²) in [6.07, 6.45) is 12.9. The Morgan fingerprint density at radius 1 is 0.360 bits per heavy atom. The third-order valence-electron chi connectivity index (χ3n) is 7.07. The SMILES string of the molecule is O=[N+]([O-])c1cccc(C=Cc2nc(C=Cc3cccc([N+](=O)[O-])c3)c(C=Cc3cccc([N+](=O)[O-])c3)nc2C=Cc2cccc([N+](=O)[O-])c2)c1. The molecule has 1 heterocycles. The summed E-state index contributed by atoms with van der Waals surface area (Å²) in [4.78, 5) is 52.9. The fraction of sp³-hybridized carbons (Fsp3) is 0. The molecule has 0 aliphatic carbocycles. The van der Waals surface area contributed by atoms with Gasteiger partial charge in [-0.15, -0.1) is 0 Å². The van der Waals surface area contributed by atoms with E-state index in [9.17, 15) is 40.5 Å². The molecular weight excluding hydrogens is 644 g/mol. The molecule has 0 saturated heterocycles. The van der Waals surface area contributed by atoms with E-state index >= 15 is 0 Å². The third kappa shape index (κ3) is 8.86. The van der Waals surface area contributed by atoms with Crippen LogP contribution >= 0.6 is 0 Å². The van der Waals surface area contributed by atoms with Crippen LogP contribution < -0.4 is 0 Å². The fourth-order valence-electron chi connectivity index (χ4n) is 4.65. The molecular formula is C36H24N6O8. The van der Waals surface area contributed by atoms with Crippen molar-refractivity contribution in [3.63, 3.8) is 0 Å². The number of aromatic nitrogens is 2. The van der Waals surface area contributed by atoms with E-state index in [1.54, 1.807) is 97.1 Å². The molecule has 0 spiro atoms. The van der Waals surface area contributed by atoms with E-state index in [0.717, 1.165) is 0 Å². The zero-order valence-corrected chi connectivity index (χ0v) is 25.8. The third-order valence-corrected chi connectivity index (χ3v) is 7.07. The predicted octanol–water partition coefficient (Wildman–Crippen LogP) is 8.79. The Morgan fingerprint density at radius 2 is 0.580 bits per heavy atom. The number of benzene rings is 4. The van der Waals surface area contributed by atoms with Crippen molar-refractivity contribution in [3.8, 4) is 0 Å². The largest absolute Gasteiger partial charge is 0.270 e. The molecule has 0 unspecified atom stereocenters. The highest BCUT2D eigenvalue weighted by atomic mass is 16.6. The lowest BCUT2D eigenvalue weighted by molar-refractivity contribution is -0.385. The normalized spacial score (nSPS) is 11.5. The van der Waals surface area contributed by atoms with Gasteiger partial charge in [-0.05, 0) is 46.6 Å².